The van der Waals surface area contributed by atoms with Crippen molar-refractivity contribution < 1.29 is 0 Å². The molecule has 0 amide bonds. The van der Waals surface area contributed by atoms with Gasteiger partial charge in [0.25, 0.3) is 0 Å². The van der Waals surface area contributed by atoms with Gasteiger partial charge in [-0.25, -0.2) is 4.99 Å². The summed E-state index contributed by atoms with van der Waals surface area (Å²) in [6.07, 6.45) is 2.29. The van der Waals surface area contributed by atoms with Crippen LogP contribution in [-0.4, -0.2) is 5.71 Å². The van der Waals surface area contributed by atoms with Crippen molar-refractivity contribution in [2.75, 3.05) is 0 Å². The van der Waals surface area contributed by atoms with Gasteiger partial charge in [-0.3, -0.25) is 0 Å². The molecule has 1 aliphatic heterocycles. The summed E-state index contributed by atoms with van der Waals surface area (Å²) in [6.45, 7) is 0. The molecule has 1 heterocycles. The van der Waals surface area contributed by atoms with E-state index in [9.17, 15) is 0 Å². The van der Waals surface area contributed by atoms with Crippen LogP contribution < -0.4 is 0 Å². The van der Waals surface area contributed by atoms with Crippen molar-refractivity contribution >= 4 is 23.0 Å². The van der Waals surface area contributed by atoms with Gasteiger partial charge < -0.3 is 0 Å². The highest BCUT2D eigenvalue weighted by Gasteiger charge is 2.17. The largest absolute Gasteiger partial charge is 0.247 e. The van der Waals surface area contributed by atoms with E-state index in [0.717, 1.165) is 28.1 Å². The summed E-state index contributed by atoms with van der Waals surface area (Å²) in [5.41, 5.74) is 8.99. The number of fused-ring (bicyclic) bond motifs is 2. The second-order valence-electron chi connectivity index (χ2n) is 6.85. The second-order valence-corrected chi connectivity index (χ2v) is 6.85. The van der Waals surface area contributed by atoms with Crippen LogP contribution in [0.15, 0.2) is 114 Å². The molecule has 0 radical (unpaired) electrons. The summed E-state index contributed by atoms with van der Waals surface area (Å²) >= 11 is 0. The maximum Gasteiger partial charge on any atom is 0.0787 e. The van der Waals surface area contributed by atoms with E-state index in [1.807, 2.05) is 6.07 Å². The molecule has 4 aromatic carbocycles. The van der Waals surface area contributed by atoms with Gasteiger partial charge in [0, 0.05) is 16.7 Å². The maximum absolute atomic E-state index is 5.16. The van der Waals surface area contributed by atoms with Gasteiger partial charge in [-0.15, -0.1) is 0 Å². The molecule has 1 aliphatic rings. The summed E-state index contributed by atoms with van der Waals surface area (Å²) in [7, 11) is 0. The zero-order valence-electron chi connectivity index (χ0n) is 15.4. The first-order valence-corrected chi connectivity index (χ1v) is 9.50. The Balaban J connectivity index is 1.83. The zero-order valence-corrected chi connectivity index (χ0v) is 15.4. The minimum Gasteiger partial charge on any atom is -0.247 e. The molecule has 0 unspecified atom stereocenters. The molecule has 0 bridgehead atoms. The van der Waals surface area contributed by atoms with E-state index < -0.39 is 0 Å². The lowest BCUT2D eigenvalue weighted by molar-refractivity contribution is 1.42. The van der Waals surface area contributed by atoms with Crippen molar-refractivity contribution in [3.8, 4) is 0 Å². The van der Waals surface area contributed by atoms with Gasteiger partial charge in [-0.05, 0) is 28.8 Å². The summed E-state index contributed by atoms with van der Waals surface area (Å²) in [5, 5.41) is 0. The topological polar surface area (TPSA) is 12.4 Å². The van der Waals surface area contributed by atoms with E-state index in [2.05, 4.69) is 109 Å². The molecule has 1 nitrogen and oxygen atoms in total. The number of aliphatic imine (C=N–C) groups is 1. The summed E-state index contributed by atoms with van der Waals surface area (Å²) < 4.78 is 0. The van der Waals surface area contributed by atoms with Crippen LogP contribution in [0.25, 0.3) is 11.6 Å². The molecule has 1 heteroatoms. The first kappa shape index (κ1) is 16.5. The average Bonchev–Trinajstić information content (AvgIpc) is 2.76. The van der Waals surface area contributed by atoms with Crippen molar-refractivity contribution in [2.45, 2.75) is 0 Å². The van der Waals surface area contributed by atoms with Gasteiger partial charge in [0.1, 0.15) is 0 Å². The molecular formula is C27H19N. The maximum atomic E-state index is 5.16. The smallest absolute Gasteiger partial charge is 0.0787 e. The first-order chi connectivity index (χ1) is 13.9. The highest BCUT2D eigenvalue weighted by Crippen LogP contribution is 2.36. The van der Waals surface area contributed by atoms with Crippen LogP contribution in [0.2, 0.25) is 0 Å². The van der Waals surface area contributed by atoms with Crippen LogP contribution in [0.4, 0.5) is 5.69 Å². The van der Waals surface area contributed by atoms with Crippen LogP contribution in [0.3, 0.4) is 0 Å². The van der Waals surface area contributed by atoms with Gasteiger partial charge in [0.05, 0.1) is 11.4 Å². The monoisotopic (exact) mass is 357 g/mol. The fourth-order valence-corrected chi connectivity index (χ4v) is 3.72. The number of hydrogen-bond donors (Lipinski definition) is 0. The number of rotatable bonds is 2. The van der Waals surface area contributed by atoms with Crippen molar-refractivity contribution in [2.24, 2.45) is 4.99 Å². The van der Waals surface area contributed by atoms with E-state index in [0.29, 0.717) is 0 Å². The molecule has 4 aromatic rings. The molecule has 0 spiro atoms. The van der Waals surface area contributed by atoms with Crippen LogP contribution >= 0.6 is 0 Å². The van der Waals surface area contributed by atoms with Gasteiger partial charge in [-0.2, -0.15) is 0 Å². The predicted molar refractivity (Wildman–Crippen MR) is 118 cm³/mol. The third kappa shape index (κ3) is 2.97. The fraction of sp³-hybridized carbons (Fsp3) is 0. The standard InChI is InChI=1S/C27H19N/c1-3-11-20(12-4-1)25-19-22-15-7-8-16-23(22)27(21-13-5-2-6-14-21)28-26-18-10-9-17-24(25)26/h1-19H/b22-19?,25-19-,25-24?,27-23?,28-26?,28-27?. The Morgan fingerprint density at radius 1 is 0.464 bits per heavy atom. The van der Waals surface area contributed by atoms with Crippen molar-refractivity contribution in [3.05, 3.63) is 137 Å². The van der Waals surface area contributed by atoms with E-state index in [1.165, 1.54) is 16.7 Å². The Hall–Kier alpha value is -3.71. The van der Waals surface area contributed by atoms with Gasteiger partial charge in [0.2, 0.25) is 0 Å². The summed E-state index contributed by atoms with van der Waals surface area (Å²) in [4.78, 5) is 5.16. The van der Waals surface area contributed by atoms with Gasteiger partial charge in [-0.1, -0.05) is 103 Å². The SMILES string of the molecule is C1=C(/c2ccccc2)c2ccccc2N=C(c2ccccc2)c2ccccc2/1. The van der Waals surface area contributed by atoms with E-state index in [-0.39, 0.29) is 0 Å². The molecular weight excluding hydrogens is 338 g/mol. The lowest BCUT2D eigenvalue weighted by atomic mass is 9.89. The molecule has 0 atom stereocenters. The molecule has 0 saturated heterocycles. The third-order valence-corrected chi connectivity index (χ3v) is 5.07. The number of nitrogens with zero attached hydrogens (tertiary/aromatic N) is 1. The third-order valence-electron chi connectivity index (χ3n) is 5.07. The van der Waals surface area contributed by atoms with E-state index in [1.54, 1.807) is 0 Å². The first-order valence-electron chi connectivity index (χ1n) is 9.50. The molecule has 132 valence electrons. The Morgan fingerprint density at radius 2 is 1.04 bits per heavy atom. The predicted octanol–water partition coefficient (Wildman–Crippen LogP) is 6.76. The number of para-hydroxylation sites is 1. The van der Waals surface area contributed by atoms with Crippen LogP contribution in [0.1, 0.15) is 27.8 Å². The van der Waals surface area contributed by atoms with E-state index in [4.69, 9.17) is 4.99 Å². The molecule has 0 N–H and O–H groups in total. The molecule has 0 aliphatic carbocycles. The van der Waals surface area contributed by atoms with Crippen LogP contribution in [-0.2, 0) is 0 Å². The fourth-order valence-electron chi connectivity index (χ4n) is 3.72. The van der Waals surface area contributed by atoms with Gasteiger partial charge in [0.15, 0.2) is 0 Å². The summed E-state index contributed by atoms with van der Waals surface area (Å²) in [5.74, 6) is 0. The quantitative estimate of drug-likeness (QED) is 0.331. The highest BCUT2D eigenvalue weighted by molar-refractivity contribution is 6.17. The highest BCUT2D eigenvalue weighted by atomic mass is 14.8. The molecule has 0 aromatic heterocycles. The number of hydrogen-bond acceptors (Lipinski definition) is 1. The Labute approximate surface area is 165 Å². The average molecular weight is 357 g/mol. The lowest BCUT2D eigenvalue weighted by Crippen LogP contribution is -2.07. The molecule has 28 heavy (non-hydrogen) atoms. The van der Waals surface area contributed by atoms with Crippen molar-refractivity contribution in [3.63, 3.8) is 0 Å². The van der Waals surface area contributed by atoms with Gasteiger partial charge >= 0.3 is 0 Å². The minimum absolute atomic E-state index is 0.992. The molecule has 5 rings (SSSR count). The Bertz CT molecular complexity index is 1090. The van der Waals surface area contributed by atoms with Crippen LogP contribution in [0, 0.1) is 0 Å². The molecule has 0 fully saturated rings. The van der Waals surface area contributed by atoms with Crippen molar-refractivity contribution in [1.82, 2.24) is 0 Å². The number of benzene rings is 4. The van der Waals surface area contributed by atoms with Crippen LogP contribution in [0.5, 0.6) is 0 Å². The van der Waals surface area contributed by atoms with Crippen molar-refractivity contribution in [1.29, 1.82) is 0 Å². The summed E-state index contributed by atoms with van der Waals surface area (Å²) in [6, 6.07) is 37.9. The second kappa shape index (κ2) is 7.13. The Kier molecular flexibility index (Phi) is 4.19. The Morgan fingerprint density at radius 3 is 1.79 bits per heavy atom. The molecule has 0 saturated carbocycles. The normalized spacial score (nSPS) is 14.6. The van der Waals surface area contributed by atoms with E-state index >= 15 is 0 Å². The minimum atomic E-state index is 0.992. The zero-order chi connectivity index (χ0) is 18.8. The lowest BCUT2D eigenvalue weighted by Gasteiger charge is -2.18.